The quantitative estimate of drug-likeness (QED) is 0.0963. The molecule has 0 amide bonds. The molecule has 0 aliphatic carbocycles. The van der Waals surface area contributed by atoms with E-state index in [0.717, 1.165) is 51.4 Å². The molecule has 0 radical (unpaired) electrons. The number of unbranched alkanes of at least 4 members (excludes halogenated alkanes) is 1. The molecule has 1 aliphatic heterocycles. The number of ether oxygens (including phenoxy) is 3. The van der Waals surface area contributed by atoms with Gasteiger partial charge in [0, 0.05) is 6.42 Å². The first-order valence-corrected chi connectivity index (χ1v) is 12.7. The standard InChI is InChI=1S/C28H43NO6/c1-2-3-4-5-6-7-8-9-10-11-12-13-14-15-16-17-18-19-25-28(35-25)34-23-22-33-27(32)24(29)20-21-26(30)31/h3-4,6-7,9-10,12-13,15-16,24-25,28H,2,5,8,11,14,17-23,29H2,1H3,(H,30,31)/b4-3-,7-6-,10-9-,13-12-,16-15-. The van der Waals surface area contributed by atoms with Crippen LogP contribution in [-0.2, 0) is 23.8 Å². The highest BCUT2D eigenvalue weighted by Gasteiger charge is 2.39. The molecule has 1 aliphatic rings. The molecule has 0 aromatic heterocycles. The fraction of sp³-hybridized carbons (Fsp3) is 0.571. The van der Waals surface area contributed by atoms with Crippen molar-refractivity contribution >= 4 is 11.9 Å². The summed E-state index contributed by atoms with van der Waals surface area (Å²) in [5, 5.41) is 8.59. The molecule has 1 heterocycles. The lowest BCUT2D eigenvalue weighted by molar-refractivity contribution is -0.147. The maximum absolute atomic E-state index is 11.6. The summed E-state index contributed by atoms with van der Waals surface area (Å²) < 4.78 is 16.0. The Bertz CT molecular complexity index is 725. The second-order valence-corrected chi connectivity index (χ2v) is 8.26. The number of carbonyl (C=O) groups excluding carboxylic acids is 1. The van der Waals surface area contributed by atoms with Gasteiger partial charge in [0.2, 0.25) is 0 Å². The van der Waals surface area contributed by atoms with E-state index in [0.29, 0.717) is 0 Å². The van der Waals surface area contributed by atoms with Gasteiger partial charge in [-0.05, 0) is 57.8 Å². The van der Waals surface area contributed by atoms with Gasteiger partial charge in [0.25, 0.3) is 0 Å². The molecule has 3 N–H and O–H groups in total. The first-order valence-electron chi connectivity index (χ1n) is 12.7. The number of nitrogens with two attached hydrogens (primary N) is 1. The number of esters is 1. The zero-order chi connectivity index (χ0) is 25.6. The Morgan fingerprint density at radius 1 is 0.914 bits per heavy atom. The smallest absolute Gasteiger partial charge is 0.323 e. The van der Waals surface area contributed by atoms with Crippen LogP contribution in [0.25, 0.3) is 0 Å². The van der Waals surface area contributed by atoms with Crippen LogP contribution in [0.1, 0.15) is 71.1 Å². The van der Waals surface area contributed by atoms with Crippen molar-refractivity contribution < 1.29 is 28.9 Å². The van der Waals surface area contributed by atoms with Crippen molar-refractivity contribution in [3.8, 4) is 0 Å². The van der Waals surface area contributed by atoms with Crippen LogP contribution in [0, 0.1) is 0 Å². The van der Waals surface area contributed by atoms with Crippen molar-refractivity contribution in [1.29, 1.82) is 0 Å². The average molecular weight is 490 g/mol. The van der Waals surface area contributed by atoms with E-state index >= 15 is 0 Å². The van der Waals surface area contributed by atoms with Crippen molar-refractivity contribution in [2.45, 2.75) is 89.6 Å². The third-order valence-electron chi connectivity index (χ3n) is 5.13. The number of carbonyl (C=O) groups is 2. The predicted octanol–water partition coefficient (Wildman–Crippen LogP) is 5.38. The van der Waals surface area contributed by atoms with Crippen LogP contribution in [0.3, 0.4) is 0 Å². The van der Waals surface area contributed by atoms with Gasteiger partial charge in [0.1, 0.15) is 18.8 Å². The van der Waals surface area contributed by atoms with Gasteiger partial charge in [-0.1, -0.05) is 67.7 Å². The van der Waals surface area contributed by atoms with E-state index in [1.54, 1.807) is 0 Å². The van der Waals surface area contributed by atoms with E-state index in [9.17, 15) is 9.59 Å². The van der Waals surface area contributed by atoms with Crippen molar-refractivity contribution in [3.05, 3.63) is 60.8 Å². The maximum atomic E-state index is 11.6. The number of epoxide rings is 1. The molecule has 1 saturated heterocycles. The first-order chi connectivity index (χ1) is 17.0. The first kappa shape index (κ1) is 30.6. The molecule has 3 atom stereocenters. The number of carboxylic acid groups (broad SMARTS) is 1. The van der Waals surface area contributed by atoms with E-state index in [1.165, 1.54) is 0 Å². The molecule has 7 heteroatoms. The summed E-state index contributed by atoms with van der Waals surface area (Å²) in [6.45, 7) is 2.45. The summed E-state index contributed by atoms with van der Waals surface area (Å²) in [7, 11) is 0. The minimum Gasteiger partial charge on any atom is -0.481 e. The zero-order valence-corrected chi connectivity index (χ0v) is 21.1. The predicted molar refractivity (Wildman–Crippen MR) is 139 cm³/mol. The molecule has 0 aromatic rings. The monoisotopic (exact) mass is 489 g/mol. The summed E-state index contributed by atoms with van der Waals surface area (Å²) in [4.78, 5) is 22.1. The van der Waals surface area contributed by atoms with Gasteiger partial charge in [0.15, 0.2) is 6.29 Å². The Morgan fingerprint density at radius 2 is 1.49 bits per heavy atom. The Balaban J connectivity index is 1.92. The lowest BCUT2D eigenvalue weighted by Gasteiger charge is -2.10. The third kappa shape index (κ3) is 18.5. The molecule has 0 bridgehead atoms. The lowest BCUT2D eigenvalue weighted by atomic mass is 10.2. The number of allylic oxidation sites excluding steroid dienone is 10. The van der Waals surface area contributed by atoms with Crippen LogP contribution in [0.4, 0.5) is 0 Å². The largest absolute Gasteiger partial charge is 0.481 e. The fourth-order valence-electron chi connectivity index (χ4n) is 3.09. The Labute approximate surface area is 210 Å². The topological polar surface area (TPSA) is 111 Å². The van der Waals surface area contributed by atoms with Crippen LogP contribution in [0.2, 0.25) is 0 Å². The molecule has 0 aromatic carbocycles. The molecule has 1 rings (SSSR count). The Kier molecular flexibility index (Phi) is 18.2. The third-order valence-corrected chi connectivity index (χ3v) is 5.13. The van der Waals surface area contributed by atoms with Crippen LogP contribution < -0.4 is 5.73 Å². The highest BCUT2D eigenvalue weighted by molar-refractivity contribution is 5.76. The van der Waals surface area contributed by atoms with Crippen molar-refractivity contribution in [2.75, 3.05) is 13.2 Å². The molecule has 0 saturated carbocycles. The molecular weight excluding hydrogens is 446 g/mol. The van der Waals surface area contributed by atoms with Gasteiger partial charge < -0.3 is 25.1 Å². The van der Waals surface area contributed by atoms with E-state index in [2.05, 4.69) is 67.7 Å². The van der Waals surface area contributed by atoms with Crippen LogP contribution in [0.15, 0.2) is 60.8 Å². The molecule has 7 nitrogen and oxygen atoms in total. The lowest BCUT2D eigenvalue weighted by Crippen LogP contribution is -2.33. The van der Waals surface area contributed by atoms with Gasteiger partial charge in [-0.25, -0.2) is 0 Å². The average Bonchev–Trinajstić information content (AvgIpc) is 3.60. The van der Waals surface area contributed by atoms with Crippen LogP contribution >= 0.6 is 0 Å². The van der Waals surface area contributed by atoms with Gasteiger partial charge in [-0.3, -0.25) is 9.59 Å². The number of hydrogen-bond acceptors (Lipinski definition) is 6. The van der Waals surface area contributed by atoms with Crippen molar-refractivity contribution in [2.24, 2.45) is 5.73 Å². The minimum absolute atomic E-state index is 0.0563. The number of carboxylic acids is 1. The Morgan fingerprint density at radius 3 is 2.06 bits per heavy atom. The molecule has 196 valence electrons. The van der Waals surface area contributed by atoms with Crippen molar-refractivity contribution in [3.63, 3.8) is 0 Å². The van der Waals surface area contributed by atoms with E-state index in [-0.39, 0.29) is 38.4 Å². The molecule has 1 fully saturated rings. The fourth-order valence-corrected chi connectivity index (χ4v) is 3.09. The summed E-state index contributed by atoms with van der Waals surface area (Å²) >= 11 is 0. The van der Waals surface area contributed by atoms with Gasteiger partial charge in [-0.2, -0.15) is 0 Å². The molecular formula is C28H43NO6. The summed E-state index contributed by atoms with van der Waals surface area (Å²) in [6.07, 6.45) is 29.7. The second-order valence-electron chi connectivity index (χ2n) is 8.26. The zero-order valence-electron chi connectivity index (χ0n) is 21.1. The summed E-state index contributed by atoms with van der Waals surface area (Å²) in [5.41, 5.74) is 5.58. The number of hydrogen-bond donors (Lipinski definition) is 2. The van der Waals surface area contributed by atoms with Gasteiger partial charge >= 0.3 is 11.9 Å². The molecule has 35 heavy (non-hydrogen) atoms. The minimum atomic E-state index is -0.991. The van der Waals surface area contributed by atoms with Gasteiger partial charge in [-0.15, -0.1) is 0 Å². The summed E-state index contributed by atoms with van der Waals surface area (Å²) in [6, 6.07) is -0.924. The maximum Gasteiger partial charge on any atom is 0.323 e. The van der Waals surface area contributed by atoms with Gasteiger partial charge in [0.05, 0.1) is 6.61 Å². The molecule has 0 spiro atoms. The van der Waals surface area contributed by atoms with Crippen LogP contribution in [-0.4, -0.2) is 48.7 Å². The normalized spacial score (nSPS) is 19.0. The van der Waals surface area contributed by atoms with Crippen molar-refractivity contribution in [1.82, 2.24) is 0 Å². The van der Waals surface area contributed by atoms with Crippen LogP contribution in [0.5, 0.6) is 0 Å². The molecule has 3 unspecified atom stereocenters. The number of aliphatic carboxylic acids is 1. The van der Waals surface area contributed by atoms with E-state index in [1.807, 2.05) is 0 Å². The highest BCUT2D eigenvalue weighted by atomic mass is 16.8. The highest BCUT2D eigenvalue weighted by Crippen LogP contribution is 2.28. The summed E-state index contributed by atoms with van der Waals surface area (Å²) in [5.74, 6) is -1.60. The van der Waals surface area contributed by atoms with E-state index in [4.69, 9.17) is 25.1 Å². The SMILES string of the molecule is CC/C=C\C/C=C\C/C=C\C/C=C\C/C=C\CCCC1OC1OCCOC(=O)C(N)CCC(=O)O. The number of rotatable bonds is 21. The second kappa shape index (κ2) is 20.9. The van der Waals surface area contributed by atoms with E-state index < -0.39 is 18.0 Å². The Hall–Kier alpha value is -2.48.